The van der Waals surface area contributed by atoms with Gasteiger partial charge in [-0.05, 0) is 92.5 Å². The molecule has 24 heavy (non-hydrogen) atoms. The molecule has 1 atom stereocenters. The van der Waals surface area contributed by atoms with Gasteiger partial charge in [-0.3, -0.25) is 0 Å². The van der Waals surface area contributed by atoms with E-state index in [1.165, 1.54) is 51.4 Å². The van der Waals surface area contributed by atoms with Gasteiger partial charge in [-0.1, -0.05) is 13.3 Å². The Balaban J connectivity index is 1.41. The fourth-order valence-corrected chi connectivity index (χ4v) is 6.43. The molecular formula is C20H30N2OS. The van der Waals surface area contributed by atoms with Gasteiger partial charge in [0.05, 0.1) is 12.8 Å². The van der Waals surface area contributed by atoms with Crippen LogP contribution < -0.4 is 10.6 Å². The number of furan rings is 1. The first-order valence-electron chi connectivity index (χ1n) is 9.73. The van der Waals surface area contributed by atoms with Crippen LogP contribution in [0.3, 0.4) is 0 Å². The first kappa shape index (κ1) is 16.4. The van der Waals surface area contributed by atoms with E-state index in [1.54, 1.807) is 6.26 Å². The molecule has 4 saturated carbocycles. The molecule has 2 N–H and O–H groups in total. The van der Waals surface area contributed by atoms with Gasteiger partial charge in [0.15, 0.2) is 5.11 Å². The van der Waals surface area contributed by atoms with Gasteiger partial charge in [0.1, 0.15) is 5.76 Å². The van der Waals surface area contributed by atoms with Crippen molar-refractivity contribution in [2.45, 2.75) is 70.9 Å². The fourth-order valence-electron chi connectivity index (χ4n) is 6.21. The summed E-state index contributed by atoms with van der Waals surface area (Å²) in [6.45, 7) is 2.97. The molecule has 1 unspecified atom stereocenters. The number of nitrogens with one attached hydrogen (secondary N) is 2. The van der Waals surface area contributed by atoms with Crippen molar-refractivity contribution in [1.29, 1.82) is 0 Å². The predicted molar refractivity (Wildman–Crippen MR) is 101 cm³/mol. The zero-order chi connectivity index (χ0) is 16.6. The van der Waals surface area contributed by atoms with E-state index in [2.05, 4.69) is 17.6 Å². The maximum absolute atomic E-state index is 5.61. The van der Waals surface area contributed by atoms with Crippen molar-refractivity contribution < 1.29 is 4.42 Å². The molecular weight excluding hydrogens is 316 g/mol. The van der Waals surface area contributed by atoms with E-state index in [0.717, 1.165) is 28.6 Å². The quantitative estimate of drug-likeness (QED) is 0.737. The third kappa shape index (κ3) is 3.22. The maximum Gasteiger partial charge on any atom is 0.166 e. The molecule has 1 aromatic heterocycles. The van der Waals surface area contributed by atoms with Crippen LogP contribution in [0.2, 0.25) is 0 Å². The van der Waals surface area contributed by atoms with Gasteiger partial charge < -0.3 is 15.1 Å². The third-order valence-corrected chi connectivity index (χ3v) is 6.97. The summed E-state index contributed by atoms with van der Waals surface area (Å²) in [7, 11) is 0. The first-order chi connectivity index (χ1) is 11.7. The van der Waals surface area contributed by atoms with Gasteiger partial charge in [0, 0.05) is 6.04 Å². The monoisotopic (exact) mass is 346 g/mol. The summed E-state index contributed by atoms with van der Waals surface area (Å²) in [5.41, 5.74) is 0.501. The van der Waals surface area contributed by atoms with Crippen molar-refractivity contribution in [1.82, 2.24) is 10.6 Å². The first-order valence-corrected chi connectivity index (χ1v) is 10.1. The summed E-state index contributed by atoms with van der Waals surface area (Å²) >= 11 is 5.61. The molecule has 3 nitrogen and oxygen atoms in total. The van der Waals surface area contributed by atoms with Crippen LogP contribution in [0.15, 0.2) is 22.8 Å². The van der Waals surface area contributed by atoms with E-state index in [4.69, 9.17) is 16.6 Å². The molecule has 4 aliphatic rings. The summed E-state index contributed by atoms with van der Waals surface area (Å²) in [6, 6.07) is 4.44. The maximum atomic E-state index is 5.61. The molecule has 1 aromatic rings. The SMILES string of the molecule is CCCC(NC(=S)NCc1ccco1)C12CC3CC(CC(C3)C1)C2. The van der Waals surface area contributed by atoms with Crippen molar-refractivity contribution in [2.24, 2.45) is 23.2 Å². The summed E-state index contributed by atoms with van der Waals surface area (Å²) < 4.78 is 5.39. The van der Waals surface area contributed by atoms with Crippen molar-refractivity contribution in [3.8, 4) is 0 Å². The Hall–Kier alpha value is -1.03. The molecule has 0 aromatic carbocycles. The highest BCUT2D eigenvalue weighted by atomic mass is 32.1. The van der Waals surface area contributed by atoms with Gasteiger partial charge in [-0.15, -0.1) is 0 Å². The van der Waals surface area contributed by atoms with Crippen molar-refractivity contribution >= 4 is 17.3 Å². The molecule has 4 heteroatoms. The van der Waals surface area contributed by atoms with E-state index in [1.807, 2.05) is 12.1 Å². The lowest BCUT2D eigenvalue weighted by Gasteiger charge is -2.59. The molecule has 0 aliphatic heterocycles. The predicted octanol–water partition coefficient (Wildman–Crippen LogP) is 4.63. The van der Waals surface area contributed by atoms with Crippen LogP contribution in [-0.2, 0) is 6.54 Å². The Kier molecular flexibility index (Phi) is 4.59. The van der Waals surface area contributed by atoms with Crippen molar-refractivity contribution in [3.63, 3.8) is 0 Å². The summed E-state index contributed by atoms with van der Waals surface area (Å²) in [6.07, 6.45) is 12.9. The molecule has 132 valence electrons. The van der Waals surface area contributed by atoms with Crippen LogP contribution in [0.5, 0.6) is 0 Å². The van der Waals surface area contributed by atoms with Crippen LogP contribution in [0, 0.1) is 23.2 Å². The molecule has 4 aliphatic carbocycles. The van der Waals surface area contributed by atoms with Crippen LogP contribution in [0.25, 0.3) is 0 Å². The number of rotatable bonds is 6. The summed E-state index contributed by atoms with van der Waals surface area (Å²) in [5, 5.41) is 7.84. The Labute approximate surface area is 151 Å². The lowest BCUT2D eigenvalue weighted by Crippen LogP contribution is -2.58. The molecule has 5 rings (SSSR count). The van der Waals surface area contributed by atoms with Crippen molar-refractivity contribution in [2.75, 3.05) is 0 Å². The molecule has 0 radical (unpaired) electrons. The average molecular weight is 347 g/mol. The van der Waals surface area contributed by atoms with Gasteiger partial charge in [-0.2, -0.15) is 0 Å². The zero-order valence-electron chi connectivity index (χ0n) is 14.7. The standard InChI is InChI=1S/C20H30N2OS/c1-2-4-18(22-19(24)21-13-17-5-3-6-23-17)20-10-14-7-15(11-20)9-16(8-14)12-20/h3,5-6,14-16,18H,2,4,7-13H2,1H3,(H2,21,22,24). The van der Waals surface area contributed by atoms with E-state index >= 15 is 0 Å². The fraction of sp³-hybridized carbons (Fsp3) is 0.750. The lowest BCUT2D eigenvalue weighted by molar-refractivity contribution is -0.0720. The molecule has 0 amide bonds. The average Bonchev–Trinajstić information content (AvgIpc) is 3.05. The second-order valence-corrected chi connectivity index (χ2v) is 8.94. The van der Waals surface area contributed by atoms with Crippen LogP contribution in [0.4, 0.5) is 0 Å². The Morgan fingerprint density at radius 1 is 1.25 bits per heavy atom. The molecule has 4 bridgehead atoms. The van der Waals surface area contributed by atoms with E-state index in [0.29, 0.717) is 18.0 Å². The van der Waals surface area contributed by atoms with Crippen LogP contribution >= 0.6 is 12.2 Å². The van der Waals surface area contributed by atoms with E-state index < -0.39 is 0 Å². The van der Waals surface area contributed by atoms with E-state index in [9.17, 15) is 0 Å². The number of hydrogen-bond donors (Lipinski definition) is 2. The largest absolute Gasteiger partial charge is 0.467 e. The molecule has 1 heterocycles. The highest BCUT2D eigenvalue weighted by Gasteiger charge is 2.54. The minimum absolute atomic E-state index is 0.501. The number of thiocarbonyl (C=S) groups is 1. The lowest BCUT2D eigenvalue weighted by atomic mass is 9.47. The topological polar surface area (TPSA) is 37.2 Å². The minimum atomic E-state index is 0.501. The molecule has 0 saturated heterocycles. The second-order valence-electron chi connectivity index (χ2n) is 8.53. The van der Waals surface area contributed by atoms with Gasteiger partial charge in [0.2, 0.25) is 0 Å². The van der Waals surface area contributed by atoms with Crippen molar-refractivity contribution in [3.05, 3.63) is 24.2 Å². The van der Waals surface area contributed by atoms with Gasteiger partial charge >= 0.3 is 0 Å². The minimum Gasteiger partial charge on any atom is -0.467 e. The zero-order valence-corrected chi connectivity index (χ0v) is 15.5. The number of hydrogen-bond acceptors (Lipinski definition) is 2. The van der Waals surface area contributed by atoms with Crippen LogP contribution in [-0.4, -0.2) is 11.2 Å². The van der Waals surface area contributed by atoms with E-state index in [-0.39, 0.29) is 0 Å². The summed E-state index contributed by atoms with van der Waals surface area (Å²) in [5.74, 6) is 3.90. The summed E-state index contributed by atoms with van der Waals surface area (Å²) in [4.78, 5) is 0. The molecule has 0 spiro atoms. The van der Waals surface area contributed by atoms with Gasteiger partial charge in [0.25, 0.3) is 0 Å². The Morgan fingerprint density at radius 3 is 2.46 bits per heavy atom. The normalized spacial score (nSPS) is 35.0. The smallest absolute Gasteiger partial charge is 0.166 e. The Bertz CT molecular complexity index is 533. The Morgan fingerprint density at radius 2 is 1.92 bits per heavy atom. The van der Waals surface area contributed by atoms with Gasteiger partial charge in [-0.25, -0.2) is 0 Å². The highest BCUT2D eigenvalue weighted by Crippen LogP contribution is 2.61. The highest BCUT2D eigenvalue weighted by molar-refractivity contribution is 7.80. The van der Waals surface area contributed by atoms with Crippen LogP contribution in [0.1, 0.15) is 64.1 Å². The second kappa shape index (κ2) is 6.70. The third-order valence-electron chi connectivity index (χ3n) is 6.71. The molecule has 4 fully saturated rings.